The molecule has 0 radical (unpaired) electrons. The summed E-state index contributed by atoms with van der Waals surface area (Å²) in [7, 11) is 0. The van der Waals surface area contributed by atoms with Crippen molar-refractivity contribution in [2.75, 3.05) is 17.2 Å². The van der Waals surface area contributed by atoms with Gasteiger partial charge in [-0.15, -0.1) is 0 Å². The summed E-state index contributed by atoms with van der Waals surface area (Å²) in [6.07, 6.45) is 5.98. The lowest BCUT2D eigenvalue weighted by Gasteiger charge is -2.32. The quantitative estimate of drug-likeness (QED) is 0.929. The third kappa shape index (κ3) is 3.63. The van der Waals surface area contributed by atoms with Gasteiger partial charge in [-0.3, -0.25) is 0 Å². The fourth-order valence-corrected chi connectivity index (χ4v) is 3.43. The van der Waals surface area contributed by atoms with Crippen molar-refractivity contribution in [3.63, 3.8) is 0 Å². The fraction of sp³-hybridized carbons (Fsp3) is 0.474. The summed E-state index contributed by atoms with van der Waals surface area (Å²) < 4.78 is 0. The highest BCUT2D eigenvalue weighted by molar-refractivity contribution is 5.46. The molecule has 0 bridgehead atoms. The molecule has 4 nitrogen and oxygen atoms in total. The Kier molecular flexibility index (Phi) is 4.79. The summed E-state index contributed by atoms with van der Waals surface area (Å²) >= 11 is 0. The zero-order valence-electron chi connectivity index (χ0n) is 14.1. The van der Waals surface area contributed by atoms with E-state index in [2.05, 4.69) is 52.1 Å². The predicted molar refractivity (Wildman–Crippen MR) is 95.6 cm³/mol. The summed E-state index contributed by atoms with van der Waals surface area (Å²) in [4.78, 5) is 11.1. The monoisotopic (exact) mass is 310 g/mol. The molecule has 23 heavy (non-hydrogen) atoms. The van der Waals surface area contributed by atoms with Gasteiger partial charge in [-0.2, -0.15) is 4.98 Å². The Morgan fingerprint density at radius 1 is 1.13 bits per heavy atom. The average molecular weight is 310 g/mol. The summed E-state index contributed by atoms with van der Waals surface area (Å²) in [5, 5.41) is 0. The van der Waals surface area contributed by atoms with Gasteiger partial charge in [0.2, 0.25) is 5.95 Å². The minimum absolute atomic E-state index is 0.365. The number of hydrogen-bond acceptors (Lipinski definition) is 4. The van der Waals surface area contributed by atoms with Gasteiger partial charge in [0.15, 0.2) is 0 Å². The first-order valence-corrected chi connectivity index (χ1v) is 8.64. The number of nitrogen functional groups attached to an aromatic ring is 1. The average Bonchev–Trinajstić information content (AvgIpc) is 2.80. The van der Waals surface area contributed by atoms with Gasteiger partial charge in [0.1, 0.15) is 5.82 Å². The van der Waals surface area contributed by atoms with E-state index < -0.39 is 0 Å². The van der Waals surface area contributed by atoms with Crippen LogP contribution in [0.4, 0.5) is 11.8 Å². The summed E-state index contributed by atoms with van der Waals surface area (Å²) in [6.45, 7) is 5.19. The van der Waals surface area contributed by atoms with E-state index in [0.29, 0.717) is 12.0 Å². The molecule has 1 aromatic heterocycles. The molecular formula is C19H26N4. The third-order valence-electron chi connectivity index (χ3n) is 4.68. The van der Waals surface area contributed by atoms with Crippen LogP contribution in [0.15, 0.2) is 30.3 Å². The van der Waals surface area contributed by atoms with Crippen molar-refractivity contribution < 1.29 is 0 Å². The highest BCUT2D eigenvalue weighted by atomic mass is 15.2. The Morgan fingerprint density at radius 2 is 1.91 bits per heavy atom. The maximum absolute atomic E-state index is 5.88. The Balaban J connectivity index is 1.96. The van der Waals surface area contributed by atoms with E-state index in [9.17, 15) is 0 Å². The number of anilines is 2. The van der Waals surface area contributed by atoms with Gasteiger partial charge in [-0.25, -0.2) is 4.98 Å². The SMILES string of the molecule is CCc1ccc(C2CCCCCN2c2cc(C)nc(N)n2)cc1. The van der Waals surface area contributed by atoms with Gasteiger partial charge < -0.3 is 10.6 Å². The van der Waals surface area contributed by atoms with E-state index in [1.807, 2.05) is 6.92 Å². The van der Waals surface area contributed by atoms with E-state index in [-0.39, 0.29) is 0 Å². The zero-order valence-corrected chi connectivity index (χ0v) is 14.1. The molecule has 1 aliphatic heterocycles. The van der Waals surface area contributed by atoms with Crippen molar-refractivity contribution in [3.8, 4) is 0 Å². The maximum atomic E-state index is 5.88. The van der Waals surface area contributed by atoms with Crippen LogP contribution in [0.25, 0.3) is 0 Å². The normalized spacial score (nSPS) is 18.7. The number of rotatable bonds is 3. The number of hydrogen-bond donors (Lipinski definition) is 1. The molecule has 4 heteroatoms. The van der Waals surface area contributed by atoms with Crippen molar-refractivity contribution in [1.82, 2.24) is 9.97 Å². The topological polar surface area (TPSA) is 55.0 Å². The number of nitrogens with two attached hydrogens (primary N) is 1. The second-order valence-electron chi connectivity index (χ2n) is 6.38. The molecule has 0 amide bonds. The van der Waals surface area contributed by atoms with E-state index in [1.165, 1.54) is 30.4 Å². The third-order valence-corrected chi connectivity index (χ3v) is 4.68. The van der Waals surface area contributed by atoms with Crippen molar-refractivity contribution in [1.29, 1.82) is 0 Å². The van der Waals surface area contributed by atoms with E-state index in [1.54, 1.807) is 0 Å². The van der Waals surface area contributed by atoms with Crippen molar-refractivity contribution in [2.45, 2.75) is 52.0 Å². The number of aryl methyl sites for hydroxylation is 2. The highest BCUT2D eigenvalue weighted by Gasteiger charge is 2.24. The van der Waals surface area contributed by atoms with Crippen LogP contribution in [0.2, 0.25) is 0 Å². The van der Waals surface area contributed by atoms with Crippen LogP contribution in [0.3, 0.4) is 0 Å². The van der Waals surface area contributed by atoms with Gasteiger partial charge in [0.05, 0.1) is 6.04 Å². The largest absolute Gasteiger partial charge is 0.368 e. The Hall–Kier alpha value is -2.10. The van der Waals surface area contributed by atoms with Crippen LogP contribution in [0.5, 0.6) is 0 Å². The van der Waals surface area contributed by atoms with Crippen molar-refractivity contribution in [3.05, 3.63) is 47.2 Å². The second-order valence-corrected chi connectivity index (χ2v) is 6.38. The first-order valence-electron chi connectivity index (χ1n) is 8.64. The molecule has 0 aliphatic carbocycles. The van der Waals surface area contributed by atoms with E-state index in [4.69, 9.17) is 5.73 Å². The predicted octanol–water partition coefficient (Wildman–Crippen LogP) is 4.05. The molecule has 2 heterocycles. The first kappa shape index (κ1) is 15.8. The van der Waals surface area contributed by atoms with Crippen molar-refractivity contribution in [2.24, 2.45) is 0 Å². The molecule has 1 unspecified atom stereocenters. The molecule has 1 atom stereocenters. The minimum Gasteiger partial charge on any atom is -0.368 e. The highest BCUT2D eigenvalue weighted by Crippen LogP contribution is 2.33. The number of benzene rings is 1. The Bertz CT molecular complexity index is 631. The molecule has 2 aromatic rings. The maximum Gasteiger partial charge on any atom is 0.222 e. The van der Waals surface area contributed by atoms with E-state index >= 15 is 0 Å². The second kappa shape index (κ2) is 6.99. The van der Waals surface area contributed by atoms with Gasteiger partial charge in [-0.05, 0) is 37.3 Å². The van der Waals surface area contributed by atoms with Gasteiger partial charge in [0, 0.05) is 18.3 Å². The molecule has 3 rings (SSSR count). The first-order chi connectivity index (χ1) is 11.2. The molecule has 1 aliphatic rings. The smallest absolute Gasteiger partial charge is 0.222 e. The Morgan fingerprint density at radius 3 is 2.61 bits per heavy atom. The number of aromatic nitrogens is 2. The van der Waals surface area contributed by atoms with Crippen LogP contribution < -0.4 is 10.6 Å². The van der Waals surface area contributed by atoms with Crippen LogP contribution in [-0.4, -0.2) is 16.5 Å². The molecule has 1 aromatic carbocycles. The summed E-state index contributed by atoms with van der Waals surface area (Å²) in [5.41, 5.74) is 9.57. The summed E-state index contributed by atoms with van der Waals surface area (Å²) in [5.74, 6) is 1.32. The lowest BCUT2D eigenvalue weighted by molar-refractivity contribution is 0.596. The fourth-order valence-electron chi connectivity index (χ4n) is 3.43. The van der Waals surface area contributed by atoms with Crippen LogP contribution >= 0.6 is 0 Å². The zero-order chi connectivity index (χ0) is 16.2. The molecule has 2 N–H and O–H groups in total. The van der Waals surface area contributed by atoms with Crippen molar-refractivity contribution >= 4 is 11.8 Å². The lowest BCUT2D eigenvalue weighted by atomic mass is 9.99. The van der Waals surface area contributed by atoms with E-state index in [0.717, 1.165) is 30.9 Å². The van der Waals surface area contributed by atoms with Gasteiger partial charge in [0.25, 0.3) is 0 Å². The number of nitrogens with zero attached hydrogens (tertiary/aromatic N) is 3. The van der Waals surface area contributed by atoms with Crippen LogP contribution in [-0.2, 0) is 6.42 Å². The molecule has 0 saturated carbocycles. The molecule has 0 spiro atoms. The van der Waals surface area contributed by atoms with Crippen LogP contribution in [0.1, 0.15) is 55.5 Å². The molecule has 1 fully saturated rings. The molecule has 1 saturated heterocycles. The van der Waals surface area contributed by atoms with Crippen LogP contribution in [0, 0.1) is 6.92 Å². The standard InChI is InChI=1S/C19H26N4/c1-3-15-8-10-16(11-9-15)17-7-5-4-6-12-23(17)18-13-14(2)21-19(20)22-18/h8-11,13,17H,3-7,12H2,1-2H3,(H2,20,21,22). The Labute approximate surface area is 138 Å². The minimum atomic E-state index is 0.365. The lowest BCUT2D eigenvalue weighted by Crippen LogP contribution is -2.29. The molecular weight excluding hydrogens is 284 g/mol. The molecule has 122 valence electrons. The summed E-state index contributed by atoms with van der Waals surface area (Å²) in [6, 6.07) is 11.5. The van der Waals surface area contributed by atoms with Gasteiger partial charge in [-0.1, -0.05) is 44.0 Å². The van der Waals surface area contributed by atoms with Gasteiger partial charge >= 0.3 is 0 Å².